The van der Waals surface area contributed by atoms with Gasteiger partial charge in [-0.25, -0.2) is 0 Å². The molecule has 0 spiro atoms. The van der Waals surface area contributed by atoms with Crippen molar-refractivity contribution in [3.63, 3.8) is 0 Å². The van der Waals surface area contributed by atoms with Crippen LogP contribution >= 0.6 is 0 Å². The minimum absolute atomic E-state index is 0.130. The van der Waals surface area contributed by atoms with E-state index in [1.807, 2.05) is 6.07 Å². The number of rotatable bonds is 5. The number of aliphatic imine (C=N–C) groups is 1. The van der Waals surface area contributed by atoms with Gasteiger partial charge < -0.3 is 5.32 Å². The molecule has 2 atom stereocenters. The van der Waals surface area contributed by atoms with Crippen LogP contribution in [0, 0.1) is 0 Å². The summed E-state index contributed by atoms with van der Waals surface area (Å²) < 4.78 is 0. The molecule has 0 saturated carbocycles. The summed E-state index contributed by atoms with van der Waals surface area (Å²) in [6.45, 7) is 0.755. The Balaban J connectivity index is 1.62. The maximum absolute atomic E-state index is 4.26. The number of nitrogens with zero attached hydrogens (tertiary/aromatic N) is 1. The van der Waals surface area contributed by atoms with Crippen molar-refractivity contribution in [1.29, 1.82) is 0 Å². The van der Waals surface area contributed by atoms with Crippen molar-refractivity contribution in [1.82, 2.24) is 10.6 Å². The first-order chi connectivity index (χ1) is 12.4. The highest BCUT2D eigenvalue weighted by Gasteiger charge is 2.19. The minimum Gasteiger partial charge on any atom is -0.359 e. The molecule has 25 heavy (non-hydrogen) atoms. The van der Waals surface area contributed by atoms with E-state index < -0.39 is 0 Å². The predicted molar refractivity (Wildman–Crippen MR) is 104 cm³/mol. The third-order valence-electron chi connectivity index (χ3n) is 4.51. The molecular weight excluding hydrogens is 306 g/mol. The van der Waals surface area contributed by atoms with Crippen LogP contribution in [0.1, 0.15) is 17.2 Å². The first-order valence-electron chi connectivity index (χ1n) is 8.61. The number of benzene rings is 3. The van der Waals surface area contributed by atoms with Crippen molar-refractivity contribution in [3.8, 4) is 11.1 Å². The lowest BCUT2D eigenvalue weighted by atomic mass is 9.96. The van der Waals surface area contributed by atoms with Gasteiger partial charge in [-0.1, -0.05) is 84.9 Å². The zero-order valence-electron chi connectivity index (χ0n) is 14.0. The van der Waals surface area contributed by atoms with E-state index in [0.29, 0.717) is 0 Å². The Morgan fingerprint density at radius 2 is 1.36 bits per heavy atom. The molecule has 4 rings (SSSR count). The summed E-state index contributed by atoms with van der Waals surface area (Å²) >= 11 is 0. The van der Waals surface area contributed by atoms with Crippen LogP contribution in [-0.2, 0) is 0 Å². The fraction of sp³-hybridized carbons (Fsp3) is 0.136. The van der Waals surface area contributed by atoms with Gasteiger partial charge in [-0.2, -0.15) is 0 Å². The van der Waals surface area contributed by atoms with Crippen LogP contribution in [0.2, 0.25) is 0 Å². The van der Waals surface area contributed by atoms with Gasteiger partial charge in [0.2, 0.25) is 0 Å². The molecule has 0 fully saturated rings. The van der Waals surface area contributed by atoms with E-state index in [0.717, 1.165) is 6.54 Å². The van der Waals surface area contributed by atoms with Crippen LogP contribution in [-0.4, -0.2) is 19.0 Å². The Bertz CT molecular complexity index is 818. The lowest BCUT2D eigenvalue weighted by molar-refractivity contribution is 0.474. The van der Waals surface area contributed by atoms with Crippen LogP contribution in [0.3, 0.4) is 0 Å². The highest BCUT2D eigenvalue weighted by atomic mass is 15.2. The molecule has 0 amide bonds. The van der Waals surface area contributed by atoms with E-state index >= 15 is 0 Å². The van der Waals surface area contributed by atoms with Crippen LogP contribution in [0.15, 0.2) is 89.9 Å². The zero-order chi connectivity index (χ0) is 16.9. The molecule has 0 saturated heterocycles. The third kappa shape index (κ3) is 3.62. The lowest BCUT2D eigenvalue weighted by Crippen LogP contribution is -2.42. The summed E-state index contributed by atoms with van der Waals surface area (Å²) in [4.78, 5) is 4.26. The third-order valence-corrected chi connectivity index (χ3v) is 4.51. The summed E-state index contributed by atoms with van der Waals surface area (Å²) in [5, 5.41) is 6.93. The van der Waals surface area contributed by atoms with Gasteiger partial charge in [-0.15, -0.1) is 0 Å². The first-order valence-corrected chi connectivity index (χ1v) is 8.61. The monoisotopic (exact) mass is 327 g/mol. The normalized spacial score (nSPS) is 17.2. The Labute approximate surface area is 148 Å². The fourth-order valence-corrected chi connectivity index (χ4v) is 3.18. The molecule has 3 aromatic carbocycles. The first kappa shape index (κ1) is 15.6. The van der Waals surface area contributed by atoms with E-state index in [4.69, 9.17) is 0 Å². The van der Waals surface area contributed by atoms with E-state index in [-0.39, 0.29) is 12.2 Å². The average Bonchev–Trinajstić information content (AvgIpc) is 3.21. The second kappa shape index (κ2) is 7.32. The van der Waals surface area contributed by atoms with Gasteiger partial charge >= 0.3 is 0 Å². The highest BCUT2D eigenvalue weighted by Crippen LogP contribution is 2.26. The molecule has 1 heterocycles. The standard InChI is InChI=1S/C22H21N3/c1-3-7-17(8-4-1)18-11-13-20(14-12-18)22(19-9-5-2-6-10-19)25-21-15-23-16-24-21/h1-14,16,21-22,25H,15H2,(H,23,24). The summed E-state index contributed by atoms with van der Waals surface area (Å²) in [6, 6.07) is 30.0. The number of hydrogen-bond donors (Lipinski definition) is 2. The Hall–Kier alpha value is -2.91. The van der Waals surface area contributed by atoms with Crippen LogP contribution in [0.25, 0.3) is 11.1 Å². The molecule has 0 aromatic heterocycles. The Morgan fingerprint density at radius 1 is 0.760 bits per heavy atom. The molecule has 0 aliphatic carbocycles. The van der Waals surface area contributed by atoms with Gasteiger partial charge in [0.25, 0.3) is 0 Å². The van der Waals surface area contributed by atoms with E-state index in [9.17, 15) is 0 Å². The Morgan fingerprint density at radius 3 is 2.00 bits per heavy atom. The van der Waals surface area contributed by atoms with Gasteiger partial charge in [0.1, 0.15) is 0 Å². The highest BCUT2D eigenvalue weighted by molar-refractivity contribution is 5.63. The summed E-state index contributed by atoms with van der Waals surface area (Å²) in [7, 11) is 0. The molecule has 2 unspecified atom stereocenters. The fourth-order valence-electron chi connectivity index (χ4n) is 3.18. The minimum atomic E-state index is 0.130. The average molecular weight is 327 g/mol. The van der Waals surface area contributed by atoms with Gasteiger partial charge in [0.15, 0.2) is 0 Å². The second-order valence-electron chi connectivity index (χ2n) is 6.21. The molecule has 0 bridgehead atoms. The van der Waals surface area contributed by atoms with E-state index in [2.05, 4.69) is 94.5 Å². The molecule has 124 valence electrons. The number of nitrogens with one attached hydrogen (secondary N) is 2. The Kier molecular flexibility index (Phi) is 4.57. The van der Waals surface area contributed by atoms with Crippen LogP contribution in [0.5, 0.6) is 0 Å². The second-order valence-corrected chi connectivity index (χ2v) is 6.21. The van der Waals surface area contributed by atoms with Gasteiger partial charge in [0.05, 0.1) is 25.1 Å². The quantitative estimate of drug-likeness (QED) is 0.743. The van der Waals surface area contributed by atoms with Crippen LogP contribution < -0.4 is 10.6 Å². The molecule has 1 aliphatic heterocycles. The van der Waals surface area contributed by atoms with Crippen molar-refractivity contribution in [2.75, 3.05) is 6.54 Å². The van der Waals surface area contributed by atoms with Crippen molar-refractivity contribution >= 4 is 6.34 Å². The maximum Gasteiger partial charge on any atom is 0.0983 e. The van der Waals surface area contributed by atoms with Gasteiger partial charge in [-0.05, 0) is 22.3 Å². The lowest BCUT2D eigenvalue weighted by Gasteiger charge is -2.24. The van der Waals surface area contributed by atoms with Crippen LogP contribution in [0.4, 0.5) is 0 Å². The van der Waals surface area contributed by atoms with Crippen molar-refractivity contribution in [2.24, 2.45) is 4.99 Å². The molecule has 3 heteroatoms. The molecular formula is C22H21N3. The SMILES string of the molecule is C1=NCC(NC(c2ccccc2)c2ccc(-c3ccccc3)cc2)N1. The summed E-state index contributed by atoms with van der Waals surface area (Å²) in [5.74, 6) is 0. The number of hydrogen-bond acceptors (Lipinski definition) is 3. The summed E-state index contributed by atoms with van der Waals surface area (Å²) in [5.41, 5.74) is 4.98. The zero-order valence-corrected chi connectivity index (χ0v) is 14.0. The predicted octanol–water partition coefficient (Wildman–Crippen LogP) is 3.99. The molecule has 3 nitrogen and oxygen atoms in total. The molecule has 1 aliphatic rings. The molecule has 2 N–H and O–H groups in total. The van der Waals surface area contributed by atoms with Gasteiger partial charge in [0, 0.05) is 0 Å². The van der Waals surface area contributed by atoms with Crippen molar-refractivity contribution in [2.45, 2.75) is 12.2 Å². The van der Waals surface area contributed by atoms with E-state index in [1.165, 1.54) is 22.3 Å². The topological polar surface area (TPSA) is 36.4 Å². The smallest absolute Gasteiger partial charge is 0.0983 e. The van der Waals surface area contributed by atoms with E-state index in [1.54, 1.807) is 6.34 Å². The molecule has 0 radical (unpaired) electrons. The maximum atomic E-state index is 4.26. The van der Waals surface area contributed by atoms with Gasteiger partial charge in [-0.3, -0.25) is 10.3 Å². The van der Waals surface area contributed by atoms with Crippen molar-refractivity contribution in [3.05, 3.63) is 96.1 Å². The summed E-state index contributed by atoms with van der Waals surface area (Å²) in [6.07, 6.45) is 1.94. The van der Waals surface area contributed by atoms with Crippen molar-refractivity contribution < 1.29 is 0 Å². The largest absolute Gasteiger partial charge is 0.359 e. The molecule has 3 aromatic rings.